The molecule has 0 saturated carbocycles. The normalized spacial score (nSPS) is 13.2. The molecule has 0 bridgehead atoms. The zero-order valence-corrected chi connectivity index (χ0v) is 17.3. The van der Waals surface area contributed by atoms with E-state index in [2.05, 4.69) is 26.6 Å². The minimum Gasteiger partial charge on any atom is -0.493 e. The summed E-state index contributed by atoms with van der Waals surface area (Å²) < 4.78 is 11.7. The maximum Gasteiger partial charge on any atom is 0.321 e. The standard InChI is InChI=1S/C20H22BrN3O4/c1-3-9-28-18-16(21)10-13(11-17(18)27-2)19(25)23-14-5-4-6-15(12-14)24-8-7-22-20(24)26/h4-6,10-12H,3,7-9H2,1-2H3,(H,22,26)(H,23,25). The van der Waals surface area contributed by atoms with Gasteiger partial charge in [-0.25, -0.2) is 4.79 Å². The molecule has 0 radical (unpaired) electrons. The van der Waals surface area contributed by atoms with Gasteiger partial charge in [0.05, 0.1) is 18.2 Å². The molecule has 1 aliphatic heterocycles. The number of rotatable bonds is 7. The third-order valence-corrected chi connectivity index (χ3v) is 4.80. The molecule has 1 saturated heterocycles. The van der Waals surface area contributed by atoms with Crippen LogP contribution in [0.25, 0.3) is 0 Å². The number of amides is 3. The Morgan fingerprint density at radius 1 is 1.32 bits per heavy atom. The first-order valence-corrected chi connectivity index (χ1v) is 9.80. The lowest BCUT2D eigenvalue weighted by atomic mass is 10.1. The van der Waals surface area contributed by atoms with Gasteiger partial charge in [-0.1, -0.05) is 13.0 Å². The molecule has 0 spiro atoms. The Labute approximate surface area is 172 Å². The van der Waals surface area contributed by atoms with E-state index in [1.54, 1.807) is 35.2 Å². The Morgan fingerprint density at radius 2 is 2.14 bits per heavy atom. The average Bonchev–Trinajstić information content (AvgIpc) is 3.12. The molecule has 1 aliphatic rings. The van der Waals surface area contributed by atoms with Crippen molar-refractivity contribution >= 4 is 39.2 Å². The first-order valence-electron chi connectivity index (χ1n) is 9.00. The minimum absolute atomic E-state index is 0.139. The molecule has 0 aromatic heterocycles. The highest BCUT2D eigenvalue weighted by atomic mass is 79.9. The lowest BCUT2D eigenvalue weighted by Gasteiger charge is -2.16. The third kappa shape index (κ3) is 4.39. The Morgan fingerprint density at radius 3 is 2.82 bits per heavy atom. The number of hydrogen-bond donors (Lipinski definition) is 2. The van der Waals surface area contributed by atoms with Crippen molar-refractivity contribution in [3.8, 4) is 11.5 Å². The summed E-state index contributed by atoms with van der Waals surface area (Å²) in [5.74, 6) is 0.766. The lowest BCUT2D eigenvalue weighted by molar-refractivity contribution is 0.102. The van der Waals surface area contributed by atoms with Gasteiger partial charge in [-0.05, 0) is 52.7 Å². The van der Waals surface area contributed by atoms with Gasteiger partial charge in [-0.2, -0.15) is 0 Å². The molecule has 28 heavy (non-hydrogen) atoms. The number of nitrogens with zero attached hydrogens (tertiary/aromatic N) is 1. The van der Waals surface area contributed by atoms with Crippen LogP contribution in [-0.4, -0.2) is 38.7 Å². The molecule has 2 aromatic carbocycles. The smallest absolute Gasteiger partial charge is 0.321 e. The number of ether oxygens (including phenoxy) is 2. The topological polar surface area (TPSA) is 79.9 Å². The van der Waals surface area contributed by atoms with Crippen LogP contribution < -0.4 is 25.0 Å². The van der Waals surface area contributed by atoms with Gasteiger partial charge >= 0.3 is 6.03 Å². The largest absolute Gasteiger partial charge is 0.493 e. The van der Waals surface area contributed by atoms with Crippen LogP contribution in [-0.2, 0) is 0 Å². The summed E-state index contributed by atoms with van der Waals surface area (Å²) >= 11 is 3.45. The second-order valence-electron chi connectivity index (χ2n) is 6.23. The van der Waals surface area contributed by atoms with E-state index >= 15 is 0 Å². The van der Waals surface area contributed by atoms with Crippen molar-refractivity contribution < 1.29 is 19.1 Å². The summed E-state index contributed by atoms with van der Waals surface area (Å²) in [6.45, 7) is 3.77. The monoisotopic (exact) mass is 447 g/mol. The predicted molar refractivity (Wildman–Crippen MR) is 112 cm³/mol. The highest BCUT2D eigenvalue weighted by Gasteiger charge is 2.21. The number of halogens is 1. The SMILES string of the molecule is CCCOc1c(Br)cc(C(=O)Nc2cccc(N3CCNC3=O)c2)cc1OC. The third-order valence-electron chi connectivity index (χ3n) is 4.21. The van der Waals surface area contributed by atoms with E-state index in [9.17, 15) is 9.59 Å². The maximum atomic E-state index is 12.7. The van der Waals surface area contributed by atoms with E-state index in [0.717, 1.165) is 12.1 Å². The van der Waals surface area contributed by atoms with Crippen LogP contribution in [0, 0.1) is 0 Å². The summed E-state index contributed by atoms with van der Waals surface area (Å²) in [6.07, 6.45) is 0.864. The fraction of sp³-hybridized carbons (Fsp3) is 0.300. The van der Waals surface area contributed by atoms with E-state index in [-0.39, 0.29) is 11.9 Å². The molecular formula is C20H22BrN3O4. The molecule has 0 atom stereocenters. The first kappa shape index (κ1) is 20.0. The second kappa shape index (κ2) is 8.97. The summed E-state index contributed by atoms with van der Waals surface area (Å²) in [6, 6.07) is 10.4. The number of nitrogens with one attached hydrogen (secondary N) is 2. The number of urea groups is 1. The molecule has 148 valence electrons. The zero-order chi connectivity index (χ0) is 20.1. The van der Waals surface area contributed by atoms with Gasteiger partial charge in [0.15, 0.2) is 11.5 Å². The number of methoxy groups -OCH3 is 1. The van der Waals surface area contributed by atoms with Crippen molar-refractivity contribution in [2.45, 2.75) is 13.3 Å². The lowest BCUT2D eigenvalue weighted by Crippen LogP contribution is -2.27. The van der Waals surface area contributed by atoms with E-state index < -0.39 is 0 Å². The van der Waals surface area contributed by atoms with Gasteiger partial charge in [-0.15, -0.1) is 0 Å². The van der Waals surface area contributed by atoms with Crippen molar-refractivity contribution in [2.24, 2.45) is 0 Å². The Hall–Kier alpha value is -2.74. The molecule has 0 aliphatic carbocycles. The molecule has 0 unspecified atom stereocenters. The van der Waals surface area contributed by atoms with Crippen molar-refractivity contribution in [2.75, 3.05) is 37.0 Å². The first-order chi connectivity index (χ1) is 13.5. The predicted octanol–water partition coefficient (Wildman–Crippen LogP) is 4.03. The minimum atomic E-state index is -0.288. The van der Waals surface area contributed by atoms with E-state index in [1.807, 2.05) is 13.0 Å². The van der Waals surface area contributed by atoms with Crippen LogP contribution in [0.2, 0.25) is 0 Å². The van der Waals surface area contributed by atoms with Crippen molar-refractivity contribution in [1.29, 1.82) is 0 Å². The second-order valence-corrected chi connectivity index (χ2v) is 7.08. The zero-order valence-electron chi connectivity index (χ0n) is 15.8. The van der Waals surface area contributed by atoms with E-state index in [0.29, 0.717) is 46.9 Å². The van der Waals surface area contributed by atoms with Crippen molar-refractivity contribution in [3.63, 3.8) is 0 Å². The number of carbonyl (C=O) groups excluding carboxylic acids is 2. The van der Waals surface area contributed by atoms with Gasteiger partial charge in [0.25, 0.3) is 5.91 Å². The molecule has 7 nitrogen and oxygen atoms in total. The van der Waals surface area contributed by atoms with Crippen molar-refractivity contribution in [3.05, 3.63) is 46.4 Å². The average molecular weight is 448 g/mol. The number of carbonyl (C=O) groups is 2. The van der Waals surface area contributed by atoms with Crippen molar-refractivity contribution in [1.82, 2.24) is 5.32 Å². The van der Waals surface area contributed by atoms with Crippen LogP contribution in [0.1, 0.15) is 23.7 Å². The summed E-state index contributed by atoms with van der Waals surface area (Å²) in [5.41, 5.74) is 1.76. The highest BCUT2D eigenvalue weighted by molar-refractivity contribution is 9.10. The van der Waals surface area contributed by atoms with Gasteiger partial charge in [-0.3, -0.25) is 9.69 Å². The van der Waals surface area contributed by atoms with Gasteiger partial charge in [0, 0.05) is 30.0 Å². The molecule has 2 N–H and O–H groups in total. The summed E-state index contributed by atoms with van der Waals surface area (Å²) in [4.78, 5) is 26.2. The van der Waals surface area contributed by atoms with E-state index in [4.69, 9.17) is 9.47 Å². The number of anilines is 2. The van der Waals surface area contributed by atoms with Gasteiger partial charge in [0.1, 0.15) is 0 Å². The van der Waals surface area contributed by atoms with Crippen LogP contribution in [0.15, 0.2) is 40.9 Å². The fourth-order valence-corrected chi connectivity index (χ4v) is 3.42. The quantitative estimate of drug-likeness (QED) is 0.671. The van der Waals surface area contributed by atoms with Crippen LogP contribution in [0.4, 0.5) is 16.2 Å². The molecule has 2 aromatic rings. The Bertz CT molecular complexity index is 888. The summed E-state index contributed by atoms with van der Waals surface area (Å²) in [5, 5.41) is 5.63. The molecule has 3 rings (SSSR count). The Balaban J connectivity index is 1.79. The van der Waals surface area contributed by atoms with Crippen LogP contribution in [0.3, 0.4) is 0 Å². The number of benzene rings is 2. The summed E-state index contributed by atoms with van der Waals surface area (Å²) in [7, 11) is 1.53. The van der Waals surface area contributed by atoms with Crippen LogP contribution in [0.5, 0.6) is 11.5 Å². The maximum absolute atomic E-state index is 12.7. The van der Waals surface area contributed by atoms with Gasteiger partial charge in [0.2, 0.25) is 0 Å². The van der Waals surface area contributed by atoms with E-state index in [1.165, 1.54) is 7.11 Å². The molecule has 1 fully saturated rings. The number of hydrogen-bond acceptors (Lipinski definition) is 4. The molecular weight excluding hydrogens is 426 g/mol. The van der Waals surface area contributed by atoms with Gasteiger partial charge < -0.3 is 20.1 Å². The molecule has 8 heteroatoms. The molecule has 3 amide bonds. The Kier molecular flexibility index (Phi) is 6.41. The highest BCUT2D eigenvalue weighted by Crippen LogP contribution is 2.37. The van der Waals surface area contributed by atoms with Crippen LogP contribution >= 0.6 is 15.9 Å². The fourth-order valence-electron chi connectivity index (χ4n) is 2.87. The molecule has 1 heterocycles.